The summed E-state index contributed by atoms with van der Waals surface area (Å²) in [6, 6.07) is 14.6. The molecule has 1 aliphatic rings. The molecule has 1 unspecified atom stereocenters. The van der Waals surface area contributed by atoms with Crippen molar-refractivity contribution in [2.45, 2.75) is 32.2 Å². The molecule has 1 heterocycles. The minimum Gasteiger partial charge on any atom is -0.497 e. The molecule has 7 heteroatoms. The quantitative estimate of drug-likeness (QED) is 0.670. The van der Waals surface area contributed by atoms with Crippen LogP contribution in [0, 0.1) is 5.92 Å². The van der Waals surface area contributed by atoms with Crippen molar-refractivity contribution in [3.63, 3.8) is 0 Å². The van der Waals surface area contributed by atoms with Gasteiger partial charge in [0.25, 0.3) is 0 Å². The second kappa shape index (κ2) is 10.9. The van der Waals surface area contributed by atoms with Crippen molar-refractivity contribution in [3.8, 4) is 5.75 Å². The van der Waals surface area contributed by atoms with Gasteiger partial charge in [0.2, 0.25) is 5.91 Å². The minimum atomic E-state index is -0.106. The second-order valence-corrected chi connectivity index (χ2v) is 7.99. The lowest BCUT2D eigenvalue weighted by Crippen LogP contribution is -2.42. The summed E-state index contributed by atoms with van der Waals surface area (Å²) in [7, 11) is 1.63. The molecule has 0 spiro atoms. The van der Waals surface area contributed by atoms with Gasteiger partial charge in [0, 0.05) is 36.8 Å². The molecule has 1 fully saturated rings. The van der Waals surface area contributed by atoms with E-state index >= 15 is 0 Å². The molecule has 0 aliphatic carbocycles. The van der Waals surface area contributed by atoms with E-state index in [0.717, 1.165) is 42.8 Å². The highest BCUT2D eigenvalue weighted by Crippen LogP contribution is 2.22. The smallest absolute Gasteiger partial charge is 0.321 e. The van der Waals surface area contributed by atoms with E-state index in [1.54, 1.807) is 31.4 Å². The predicted molar refractivity (Wildman–Crippen MR) is 119 cm³/mol. The summed E-state index contributed by atoms with van der Waals surface area (Å²) >= 11 is 5.88. The van der Waals surface area contributed by atoms with Crippen LogP contribution in [-0.2, 0) is 11.3 Å². The van der Waals surface area contributed by atoms with Crippen LogP contribution in [-0.4, -0.2) is 37.0 Å². The van der Waals surface area contributed by atoms with Crippen molar-refractivity contribution in [2.75, 3.05) is 25.5 Å². The first kappa shape index (κ1) is 22.0. The largest absolute Gasteiger partial charge is 0.497 e. The molecule has 2 aromatic rings. The van der Waals surface area contributed by atoms with Crippen LogP contribution in [0.4, 0.5) is 10.5 Å². The van der Waals surface area contributed by atoms with E-state index in [-0.39, 0.29) is 11.9 Å². The van der Waals surface area contributed by atoms with Crippen LogP contribution in [0.2, 0.25) is 5.02 Å². The summed E-state index contributed by atoms with van der Waals surface area (Å²) in [6.07, 6.45) is 3.23. The standard InChI is InChI=1S/C23H28ClN3O3/c1-30-21-11-4-17(5-12-21)15-25-22(28)13-6-18-3-2-14-27(16-18)23(29)26-20-9-7-19(24)8-10-20/h4-5,7-12,18H,2-3,6,13-16H2,1H3,(H,25,28)(H,26,29). The Kier molecular flexibility index (Phi) is 7.97. The van der Waals surface area contributed by atoms with E-state index in [4.69, 9.17) is 16.3 Å². The van der Waals surface area contributed by atoms with Gasteiger partial charge >= 0.3 is 6.03 Å². The first-order chi connectivity index (χ1) is 14.5. The fraction of sp³-hybridized carbons (Fsp3) is 0.391. The number of likely N-dealkylation sites (tertiary alicyclic amines) is 1. The summed E-state index contributed by atoms with van der Waals surface area (Å²) in [4.78, 5) is 26.6. The van der Waals surface area contributed by atoms with Gasteiger partial charge in [0.05, 0.1) is 7.11 Å². The molecule has 160 valence electrons. The van der Waals surface area contributed by atoms with Crippen LogP contribution in [0.25, 0.3) is 0 Å². The molecule has 30 heavy (non-hydrogen) atoms. The number of hydrogen-bond acceptors (Lipinski definition) is 3. The van der Waals surface area contributed by atoms with Crippen molar-refractivity contribution >= 4 is 29.2 Å². The topological polar surface area (TPSA) is 70.7 Å². The summed E-state index contributed by atoms with van der Waals surface area (Å²) in [5.41, 5.74) is 1.76. The molecule has 2 aromatic carbocycles. The van der Waals surface area contributed by atoms with Crippen molar-refractivity contribution in [1.29, 1.82) is 0 Å². The SMILES string of the molecule is COc1ccc(CNC(=O)CCC2CCCN(C(=O)Nc3ccc(Cl)cc3)C2)cc1. The van der Waals surface area contributed by atoms with Crippen LogP contribution in [0.3, 0.4) is 0 Å². The molecule has 1 atom stereocenters. The molecule has 0 bridgehead atoms. The van der Waals surface area contributed by atoms with Crippen LogP contribution in [0.1, 0.15) is 31.2 Å². The molecule has 3 amide bonds. The number of carbonyl (C=O) groups is 2. The monoisotopic (exact) mass is 429 g/mol. The van der Waals surface area contributed by atoms with E-state index in [0.29, 0.717) is 30.5 Å². The molecule has 0 radical (unpaired) electrons. The van der Waals surface area contributed by atoms with Gasteiger partial charge in [-0.1, -0.05) is 23.7 Å². The van der Waals surface area contributed by atoms with E-state index in [9.17, 15) is 9.59 Å². The van der Waals surface area contributed by atoms with E-state index in [1.807, 2.05) is 29.2 Å². The van der Waals surface area contributed by atoms with Gasteiger partial charge in [-0.25, -0.2) is 4.79 Å². The van der Waals surface area contributed by atoms with Crippen LogP contribution < -0.4 is 15.4 Å². The Morgan fingerprint density at radius 3 is 2.57 bits per heavy atom. The molecular weight excluding hydrogens is 402 g/mol. The number of carbonyl (C=O) groups excluding carboxylic acids is 2. The predicted octanol–water partition coefficient (Wildman–Crippen LogP) is 4.69. The number of methoxy groups -OCH3 is 1. The number of anilines is 1. The van der Waals surface area contributed by atoms with Gasteiger partial charge < -0.3 is 20.3 Å². The Labute approximate surface area is 182 Å². The third kappa shape index (κ3) is 6.66. The molecule has 0 aromatic heterocycles. The molecule has 1 aliphatic heterocycles. The summed E-state index contributed by atoms with van der Waals surface area (Å²) in [5, 5.41) is 6.51. The Morgan fingerprint density at radius 1 is 1.13 bits per heavy atom. The maximum atomic E-state index is 12.5. The Balaban J connectivity index is 1.40. The fourth-order valence-corrected chi connectivity index (χ4v) is 3.71. The summed E-state index contributed by atoms with van der Waals surface area (Å²) < 4.78 is 5.14. The Hall–Kier alpha value is -2.73. The van der Waals surface area contributed by atoms with Crippen molar-refractivity contribution in [2.24, 2.45) is 5.92 Å². The number of hydrogen-bond donors (Lipinski definition) is 2. The average Bonchev–Trinajstić information content (AvgIpc) is 2.78. The highest BCUT2D eigenvalue weighted by atomic mass is 35.5. The van der Waals surface area contributed by atoms with Crippen molar-refractivity contribution in [1.82, 2.24) is 10.2 Å². The zero-order valence-electron chi connectivity index (χ0n) is 17.2. The van der Waals surface area contributed by atoms with E-state index in [1.165, 1.54) is 0 Å². The van der Waals surface area contributed by atoms with Gasteiger partial charge in [-0.2, -0.15) is 0 Å². The number of benzene rings is 2. The Morgan fingerprint density at radius 2 is 1.87 bits per heavy atom. The summed E-state index contributed by atoms with van der Waals surface area (Å²) in [6.45, 7) is 1.91. The highest BCUT2D eigenvalue weighted by molar-refractivity contribution is 6.30. The number of ether oxygens (including phenoxy) is 1. The molecule has 2 N–H and O–H groups in total. The summed E-state index contributed by atoms with van der Waals surface area (Å²) in [5.74, 6) is 1.17. The number of rotatable bonds is 7. The lowest BCUT2D eigenvalue weighted by Gasteiger charge is -2.32. The molecular formula is C23H28ClN3O3. The maximum Gasteiger partial charge on any atom is 0.321 e. The lowest BCUT2D eigenvalue weighted by atomic mass is 9.93. The second-order valence-electron chi connectivity index (χ2n) is 7.55. The zero-order valence-corrected chi connectivity index (χ0v) is 18.0. The third-order valence-electron chi connectivity index (χ3n) is 5.33. The van der Waals surface area contributed by atoms with Crippen LogP contribution in [0.15, 0.2) is 48.5 Å². The van der Waals surface area contributed by atoms with E-state index in [2.05, 4.69) is 10.6 Å². The number of amides is 3. The van der Waals surface area contributed by atoms with Gasteiger partial charge in [-0.05, 0) is 67.1 Å². The number of halogens is 1. The maximum absolute atomic E-state index is 12.5. The van der Waals surface area contributed by atoms with Crippen molar-refractivity contribution < 1.29 is 14.3 Å². The molecule has 1 saturated heterocycles. The first-order valence-corrected chi connectivity index (χ1v) is 10.6. The average molecular weight is 430 g/mol. The number of nitrogens with one attached hydrogen (secondary N) is 2. The number of urea groups is 1. The molecule has 6 nitrogen and oxygen atoms in total. The normalized spacial score (nSPS) is 16.1. The number of piperidine rings is 1. The zero-order chi connectivity index (χ0) is 21.3. The molecule has 0 saturated carbocycles. The Bertz CT molecular complexity index is 840. The lowest BCUT2D eigenvalue weighted by molar-refractivity contribution is -0.121. The third-order valence-corrected chi connectivity index (χ3v) is 5.58. The van der Waals surface area contributed by atoms with Crippen LogP contribution in [0.5, 0.6) is 5.75 Å². The van der Waals surface area contributed by atoms with Gasteiger partial charge in [0.15, 0.2) is 0 Å². The van der Waals surface area contributed by atoms with Gasteiger partial charge in [-0.3, -0.25) is 4.79 Å². The first-order valence-electron chi connectivity index (χ1n) is 10.2. The number of nitrogens with zero attached hydrogens (tertiary/aromatic N) is 1. The van der Waals surface area contributed by atoms with Crippen LogP contribution >= 0.6 is 11.6 Å². The van der Waals surface area contributed by atoms with E-state index < -0.39 is 0 Å². The highest BCUT2D eigenvalue weighted by Gasteiger charge is 2.24. The van der Waals surface area contributed by atoms with Gasteiger partial charge in [0.1, 0.15) is 5.75 Å². The minimum absolute atomic E-state index is 0.0357. The fourth-order valence-electron chi connectivity index (χ4n) is 3.59. The molecule has 3 rings (SSSR count). The van der Waals surface area contributed by atoms with Crippen molar-refractivity contribution in [3.05, 3.63) is 59.1 Å². The van der Waals surface area contributed by atoms with Gasteiger partial charge in [-0.15, -0.1) is 0 Å².